The van der Waals surface area contributed by atoms with Gasteiger partial charge in [-0.1, -0.05) is 80.1 Å². The smallest absolute Gasteiger partial charge is 0.178 e. The molecule has 0 radical (unpaired) electrons. The van der Waals surface area contributed by atoms with E-state index in [0.29, 0.717) is 23.0 Å². The first-order chi connectivity index (χ1) is 21.3. The lowest BCUT2D eigenvalue weighted by Gasteiger charge is -2.38. The first-order valence-corrected chi connectivity index (χ1v) is 14.8. The molecule has 0 fully saturated rings. The number of fused-ring (bicyclic) bond motifs is 8. The third-order valence-corrected chi connectivity index (χ3v) is 9.32. The molecule has 5 nitrogen and oxygen atoms in total. The SMILES string of the molecule is COc1ccc(C2(c3ccc(OC)c(OC)c3)C=Cc3c4c(c5ccccc5c3O2)-c2ccc(C)cc2C4(C)C)cc1OC. The molecule has 1 aliphatic carbocycles. The molecule has 0 unspecified atom stereocenters. The molecule has 0 amide bonds. The summed E-state index contributed by atoms with van der Waals surface area (Å²) < 4.78 is 30.1. The van der Waals surface area contributed by atoms with Crippen molar-refractivity contribution in [2.45, 2.75) is 31.8 Å². The lowest BCUT2D eigenvalue weighted by molar-refractivity contribution is 0.162. The van der Waals surface area contributed by atoms with Crippen molar-refractivity contribution in [3.05, 3.63) is 118 Å². The van der Waals surface area contributed by atoms with Crippen molar-refractivity contribution in [2.24, 2.45) is 0 Å². The average Bonchev–Trinajstić information content (AvgIpc) is 3.29. The fourth-order valence-electron chi connectivity index (χ4n) is 7.16. The Morgan fingerprint density at radius 1 is 0.636 bits per heavy atom. The quantitative estimate of drug-likeness (QED) is 0.200. The van der Waals surface area contributed by atoms with Gasteiger partial charge in [-0.05, 0) is 64.9 Å². The van der Waals surface area contributed by atoms with E-state index in [1.54, 1.807) is 28.4 Å². The maximum absolute atomic E-state index is 7.41. The summed E-state index contributed by atoms with van der Waals surface area (Å²) in [5.41, 5.74) is 8.15. The number of methoxy groups -OCH3 is 4. The van der Waals surface area contributed by atoms with Gasteiger partial charge in [0.25, 0.3) is 0 Å². The van der Waals surface area contributed by atoms with E-state index in [-0.39, 0.29) is 5.41 Å². The van der Waals surface area contributed by atoms with Gasteiger partial charge in [-0.3, -0.25) is 0 Å². The summed E-state index contributed by atoms with van der Waals surface area (Å²) in [6.45, 7) is 6.81. The second kappa shape index (κ2) is 10.1. The van der Waals surface area contributed by atoms with Crippen molar-refractivity contribution >= 4 is 16.8 Å². The minimum absolute atomic E-state index is 0.217. The fourth-order valence-corrected chi connectivity index (χ4v) is 7.16. The Bertz CT molecular complexity index is 1930. The van der Waals surface area contributed by atoms with E-state index in [9.17, 15) is 0 Å². The van der Waals surface area contributed by atoms with Crippen molar-refractivity contribution < 1.29 is 23.7 Å². The molecular weight excluding hydrogens is 548 g/mol. The minimum Gasteiger partial charge on any atom is -0.493 e. The molecule has 1 heterocycles. The highest BCUT2D eigenvalue weighted by Crippen LogP contribution is 2.58. The summed E-state index contributed by atoms with van der Waals surface area (Å²) >= 11 is 0. The Balaban J connectivity index is 1.54. The zero-order chi connectivity index (χ0) is 30.8. The molecule has 1 aliphatic heterocycles. The van der Waals surface area contributed by atoms with E-state index < -0.39 is 5.60 Å². The summed E-state index contributed by atoms with van der Waals surface area (Å²) in [6.07, 6.45) is 4.41. The molecule has 44 heavy (non-hydrogen) atoms. The van der Waals surface area contributed by atoms with Gasteiger partial charge in [0, 0.05) is 27.5 Å². The van der Waals surface area contributed by atoms with E-state index >= 15 is 0 Å². The van der Waals surface area contributed by atoms with Crippen LogP contribution in [0.2, 0.25) is 0 Å². The van der Waals surface area contributed by atoms with Gasteiger partial charge in [-0.15, -0.1) is 0 Å². The normalized spacial score (nSPS) is 15.2. The van der Waals surface area contributed by atoms with Gasteiger partial charge >= 0.3 is 0 Å². The van der Waals surface area contributed by atoms with Crippen molar-refractivity contribution in [2.75, 3.05) is 28.4 Å². The number of ether oxygens (including phenoxy) is 5. The van der Waals surface area contributed by atoms with E-state index in [1.165, 1.54) is 33.2 Å². The zero-order valence-electron chi connectivity index (χ0n) is 26.2. The molecular formula is C39H36O5. The Hall–Kier alpha value is -4.90. The summed E-state index contributed by atoms with van der Waals surface area (Å²) in [7, 11) is 6.58. The molecule has 0 atom stereocenters. The monoisotopic (exact) mass is 584 g/mol. The van der Waals surface area contributed by atoms with Gasteiger partial charge in [0.1, 0.15) is 5.75 Å². The van der Waals surface area contributed by atoms with Crippen molar-refractivity contribution in [1.82, 2.24) is 0 Å². The molecule has 0 aromatic heterocycles. The molecule has 5 heteroatoms. The highest BCUT2D eigenvalue weighted by Gasteiger charge is 2.44. The van der Waals surface area contributed by atoms with E-state index in [1.807, 2.05) is 36.4 Å². The predicted molar refractivity (Wildman–Crippen MR) is 176 cm³/mol. The lowest BCUT2D eigenvalue weighted by Crippen LogP contribution is -2.35. The van der Waals surface area contributed by atoms with Gasteiger partial charge in [-0.25, -0.2) is 0 Å². The maximum Gasteiger partial charge on any atom is 0.178 e. The molecule has 0 saturated carbocycles. The number of aryl methyl sites for hydroxylation is 1. The summed E-state index contributed by atoms with van der Waals surface area (Å²) in [5, 5.41) is 2.25. The topological polar surface area (TPSA) is 46.2 Å². The molecule has 5 aromatic rings. The van der Waals surface area contributed by atoms with Crippen LogP contribution in [0.1, 0.15) is 47.2 Å². The molecule has 0 spiro atoms. The Morgan fingerprint density at radius 2 is 1.23 bits per heavy atom. The third kappa shape index (κ3) is 3.85. The number of benzene rings is 5. The molecule has 222 valence electrons. The first-order valence-electron chi connectivity index (χ1n) is 14.8. The van der Waals surface area contributed by atoms with Crippen LogP contribution in [-0.4, -0.2) is 28.4 Å². The van der Waals surface area contributed by atoms with Crippen LogP contribution in [0.15, 0.2) is 84.9 Å². The molecule has 7 rings (SSSR count). The maximum atomic E-state index is 7.41. The Kier molecular flexibility index (Phi) is 6.40. The van der Waals surface area contributed by atoms with Crippen LogP contribution >= 0.6 is 0 Å². The summed E-state index contributed by atoms with van der Waals surface area (Å²) in [4.78, 5) is 0. The molecule has 0 saturated heterocycles. The predicted octanol–water partition coefficient (Wildman–Crippen LogP) is 8.84. The zero-order valence-corrected chi connectivity index (χ0v) is 26.2. The highest BCUT2D eigenvalue weighted by atomic mass is 16.5. The molecule has 2 aliphatic rings. The first kappa shape index (κ1) is 27.9. The Labute approximate surface area is 258 Å². The van der Waals surface area contributed by atoms with Crippen LogP contribution < -0.4 is 23.7 Å². The second-order valence-electron chi connectivity index (χ2n) is 12.0. The fraction of sp³-hybridized carbons (Fsp3) is 0.231. The Morgan fingerprint density at radius 3 is 1.82 bits per heavy atom. The van der Waals surface area contributed by atoms with Crippen LogP contribution in [0, 0.1) is 6.92 Å². The van der Waals surface area contributed by atoms with E-state index in [0.717, 1.165) is 27.8 Å². The van der Waals surface area contributed by atoms with Crippen molar-refractivity contribution in [1.29, 1.82) is 0 Å². The number of hydrogen-bond donors (Lipinski definition) is 0. The number of rotatable bonds is 6. The third-order valence-electron chi connectivity index (χ3n) is 9.32. The van der Waals surface area contributed by atoms with E-state index in [2.05, 4.69) is 75.4 Å². The molecule has 0 bridgehead atoms. The largest absolute Gasteiger partial charge is 0.493 e. The van der Waals surface area contributed by atoms with Gasteiger partial charge in [0.15, 0.2) is 28.6 Å². The van der Waals surface area contributed by atoms with Crippen LogP contribution in [0.25, 0.3) is 28.0 Å². The second-order valence-corrected chi connectivity index (χ2v) is 12.0. The van der Waals surface area contributed by atoms with E-state index in [4.69, 9.17) is 23.7 Å². The van der Waals surface area contributed by atoms with Gasteiger partial charge in [0.05, 0.1) is 28.4 Å². The summed E-state index contributed by atoms with van der Waals surface area (Å²) in [5.74, 6) is 3.40. The van der Waals surface area contributed by atoms with Crippen molar-refractivity contribution in [3.8, 4) is 39.9 Å². The number of hydrogen-bond acceptors (Lipinski definition) is 5. The van der Waals surface area contributed by atoms with Gasteiger partial charge in [-0.2, -0.15) is 0 Å². The van der Waals surface area contributed by atoms with Gasteiger partial charge in [0.2, 0.25) is 0 Å². The molecule has 0 N–H and O–H groups in total. The highest BCUT2D eigenvalue weighted by molar-refractivity contribution is 6.08. The minimum atomic E-state index is -1.00. The van der Waals surface area contributed by atoms with Crippen molar-refractivity contribution in [3.63, 3.8) is 0 Å². The summed E-state index contributed by atoms with van der Waals surface area (Å²) in [6, 6.07) is 27.3. The van der Waals surface area contributed by atoms with Crippen LogP contribution in [0.4, 0.5) is 0 Å². The molecule has 5 aromatic carbocycles. The van der Waals surface area contributed by atoms with Gasteiger partial charge < -0.3 is 23.7 Å². The average molecular weight is 585 g/mol. The van der Waals surface area contributed by atoms with Crippen LogP contribution in [0.5, 0.6) is 28.7 Å². The lowest BCUT2D eigenvalue weighted by atomic mass is 9.76. The van der Waals surface area contributed by atoms with Crippen LogP contribution in [0.3, 0.4) is 0 Å². The standard InChI is InChI=1S/C39H36O5/c1-23-12-15-28-30(20-23)38(2,3)36-29-18-19-39(24-13-16-31(40-4)33(21-24)42-6,25-14-17-32(41-5)34(22-25)43-7)44-37(29)27-11-9-8-10-26(27)35(28)36/h8-22H,1-7H3. The van der Waals surface area contributed by atoms with Crippen LogP contribution in [-0.2, 0) is 11.0 Å².